The van der Waals surface area contributed by atoms with Crippen molar-refractivity contribution < 1.29 is 22.7 Å². The highest BCUT2D eigenvalue weighted by Gasteiger charge is 2.37. The predicted molar refractivity (Wildman–Crippen MR) is 92.5 cm³/mol. The van der Waals surface area contributed by atoms with Gasteiger partial charge in [-0.1, -0.05) is 6.07 Å². The maximum Gasteiger partial charge on any atom is 0.309 e. The van der Waals surface area contributed by atoms with Crippen molar-refractivity contribution in [2.45, 2.75) is 10.4 Å². The summed E-state index contributed by atoms with van der Waals surface area (Å²) in [7, 11) is 0.0400. The number of nitrogens with one attached hydrogen (secondary N) is 2. The van der Waals surface area contributed by atoms with Gasteiger partial charge in [0.25, 0.3) is 10.0 Å². The summed E-state index contributed by atoms with van der Waals surface area (Å²) >= 11 is 1.12. The molecular formula is C14H22N4O5S2. The molecule has 2 rings (SSSR count). The minimum absolute atomic E-state index is 0.0927. The van der Waals surface area contributed by atoms with Crippen molar-refractivity contribution in [2.24, 2.45) is 0 Å². The Morgan fingerprint density at radius 2 is 2.08 bits per heavy atom. The Hall–Kier alpha value is -1.53. The third-order valence-corrected chi connectivity index (χ3v) is 6.75. The number of carbonyl (C=O) groups excluding carboxylic acids is 2. The number of hydrogen-bond acceptors (Lipinski definition) is 7. The summed E-state index contributed by atoms with van der Waals surface area (Å²) in [6, 6.07) is 3.18. The third-order valence-electron chi connectivity index (χ3n) is 3.49. The Bertz CT molecular complexity index is 690. The van der Waals surface area contributed by atoms with Crippen molar-refractivity contribution in [3.05, 3.63) is 17.5 Å². The number of amides is 2. The molecule has 9 nitrogen and oxygen atoms in total. The molecule has 0 saturated carbocycles. The molecule has 11 heteroatoms. The van der Waals surface area contributed by atoms with Crippen LogP contribution in [-0.2, 0) is 24.3 Å². The Kier molecular flexibility index (Phi) is 6.90. The molecule has 1 atom stereocenters. The first-order valence-electron chi connectivity index (χ1n) is 7.70. The van der Waals surface area contributed by atoms with Crippen molar-refractivity contribution in [2.75, 3.05) is 46.9 Å². The lowest BCUT2D eigenvalue weighted by Gasteiger charge is -2.22. The standard InChI is InChI=1S/C14H22N4O5S2/c1-17(2)6-5-15-13(19)14(20)16-10-11-18(7-8-23-11)25(21,22)12-4-3-9-24-12/h3-4,9,11H,5-8,10H2,1-2H3,(H,15,19)(H,16,20)/t11-/m1/s1. The van der Waals surface area contributed by atoms with Crippen LogP contribution in [0.4, 0.5) is 0 Å². The Labute approximate surface area is 151 Å². The highest BCUT2D eigenvalue weighted by atomic mass is 32.2. The monoisotopic (exact) mass is 390 g/mol. The summed E-state index contributed by atoms with van der Waals surface area (Å²) in [6.45, 7) is 1.30. The fraction of sp³-hybridized carbons (Fsp3) is 0.571. The van der Waals surface area contributed by atoms with E-state index in [1.807, 2.05) is 19.0 Å². The van der Waals surface area contributed by atoms with Gasteiger partial charge in [0.1, 0.15) is 10.4 Å². The van der Waals surface area contributed by atoms with E-state index in [4.69, 9.17) is 4.74 Å². The van der Waals surface area contributed by atoms with Crippen molar-refractivity contribution >= 4 is 33.2 Å². The molecule has 1 aliphatic rings. The quantitative estimate of drug-likeness (QED) is 0.572. The van der Waals surface area contributed by atoms with E-state index in [1.54, 1.807) is 11.4 Å². The van der Waals surface area contributed by atoms with Crippen molar-refractivity contribution in [3.8, 4) is 0 Å². The van der Waals surface area contributed by atoms with E-state index in [0.717, 1.165) is 11.3 Å². The lowest BCUT2D eigenvalue weighted by Crippen LogP contribution is -2.48. The van der Waals surface area contributed by atoms with E-state index in [2.05, 4.69) is 10.6 Å². The molecule has 1 aromatic rings. The van der Waals surface area contributed by atoms with Gasteiger partial charge in [0, 0.05) is 19.6 Å². The maximum atomic E-state index is 12.5. The van der Waals surface area contributed by atoms with Crippen molar-refractivity contribution in [1.29, 1.82) is 0 Å². The maximum absolute atomic E-state index is 12.5. The fourth-order valence-corrected chi connectivity index (χ4v) is 4.83. The van der Waals surface area contributed by atoms with Gasteiger partial charge in [0.05, 0.1) is 13.2 Å². The van der Waals surface area contributed by atoms with Crippen LogP contribution in [0.2, 0.25) is 0 Å². The van der Waals surface area contributed by atoms with Gasteiger partial charge >= 0.3 is 11.8 Å². The first kappa shape index (κ1) is 19.8. The van der Waals surface area contributed by atoms with Crippen LogP contribution in [0.5, 0.6) is 0 Å². The number of thiophene rings is 1. The zero-order valence-electron chi connectivity index (χ0n) is 14.1. The molecule has 2 N–H and O–H groups in total. The van der Waals surface area contributed by atoms with Gasteiger partial charge < -0.3 is 20.3 Å². The molecular weight excluding hydrogens is 368 g/mol. The second-order valence-corrected chi connectivity index (χ2v) is 8.71. The fourth-order valence-electron chi connectivity index (χ4n) is 2.20. The van der Waals surface area contributed by atoms with Gasteiger partial charge in [0.15, 0.2) is 0 Å². The first-order chi connectivity index (χ1) is 11.8. The Balaban J connectivity index is 1.87. The highest BCUT2D eigenvalue weighted by molar-refractivity contribution is 7.91. The third kappa shape index (κ3) is 5.22. The predicted octanol–water partition coefficient (Wildman–Crippen LogP) is -1.11. The number of ether oxygens (including phenoxy) is 1. The van der Waals surface area contributed by atoms with Crippen LogP contribution >= 0.6 is 11.3 Å². The summed E-state index contributed by atoms with van der Waals surface area (Å²) in [5, 5.41) is 6.59. The molecule has 0 spiro atoms. The van der Waals surface area contributed by atoms with E-state index < -0.39 is 28.1 Å². The van der Waals surface area contributed by atoms with Crippen molar-refractivity contribution in [3.63, 3.8) is 0 Å². The molecule has 0 bridgehead atoms. The summed E-state index contributed by atoms with van der Waals surface area (Å²) < 4.78 is 31.9. The summed E-state index contributed by atoms with van der Waals surface area (Å²) in [5.41, 5.74) is 0. The minimum atomic E-state index is -3.67. The summed E-state index contributed by atoms with van der Waals surface area (Å²) in [6.07, 6.45) is -0.828. The molecule has 1 aromatic heterocycles. The zero-order valence-corrected chi connectivity index (χ0v) is 15.7. The Morgan fingerprint density at radius 3 is 2.72 bits per heavy atom. The van der Waals surface area contributed by atoms with Crippen LogP contribution in [0.1, 0.15) is 0 Å². The number of sulfonamides is 1. The molecule has 1 saturated heterocycles. The number of likely N-dealkylation sites (N-methyl/N-ethyl adjacent to an activating group) is 1. The zero-order chi connectivity index (χ0) is 18.4. The van der Waals surface area contributed by atoms with Gasteiger partial charge in [-0.15, -0.1) is 11.3 Å². The van der Waals surface area contributed by atoms with Crippen LogP contribution in [-0.4, -0.2) is 82.5 Å². The highest BCUT2D eigenvalue weighted by Crippen LogP contribution is 2.25. The normalized spacial score (nSPS) is 18.4. The lowest BCUT2D eigenvalue weighted by atomic mass is 10.4. The molecule has 0 radical (unpaired) electrons. The smallest absolute Gasteiger partial charge is 0.309 e. The number of rotatable bonds is 7. The topological polar surface area (TPSA) is 108 Å². The van der Waals surface area contributed by atoms with E-state index in [0.29, 0.717) is 13.1 Å². The SMILES string of the molecule is CN(C)CCNC(=O)C(=O)NC[C@H]1OCCN1S(=O)(=O)c1cccs1. The molecule has 140 valence electrons. The molecule has 2 amide bonds. The minimum Gasteiger partial charge on any atom is -0.359 e. The molecule has 0 unspecified atom stereocenters. The summed E-state index contributed by atoms with van der Waals surface area (Å²) in [4.78, 5) is 25.4. The first-order valence-corrected chi connectivity index (χ1v) is 10.0. The second kappa shape index (κ2) is 8.72. The van der Waals surface area contributed by atoms with Gasteiger partial charge in [-0.3, -0.25) is 9.59 Å². The molecule has 1 fully saturated rings. The van der Waals surface area contributed by atoms with Gasteiger partial charge in [-0.25, -0.2) is 8.42 Å². The molecule has 0 aromatic carbocycles. The molecule has 0 aliphatic carbocycles. The van der Waals surface area contributed by atoms with Crippen LogP contribution < -0.4 is 10.6 Å². The lowest BCUT2D eigenvalue weighted by molar-refractivity contribution is -0.139. The molecule has 1 aliphatic heterocycles. The van der Waals surface area contributed by atoms with Crippen LogP contribution in [0, 0.1) is 0 Å². The largest absolute Gasteiger partial charge is 0.359 e. The second-order valence-electron chi connectivity index (χ2n) is 5.64. The van der Waals surface area contributed by atoms with E-state index in [9.17, 15) is 18.0 Å². The van der Waals surface area contributed by atoms with Gasteiger partial charge in [-0.2, -0.15) is 4.31 Å². The average Bonchev–Trinajstić information content (AvgIpc) is 3.23. The molecule has 2 heterocycles. The van der Waals surface area contributed by atoms with Gasteiger partial charge in [0.2, 0.25) is 0 Å². The van der Waals surface area contributed by atoms with E-state index in [-0.39, 0.29) is 23.9 Å². The number of hydrogen-bond donors (Lipinski definition) is 2. The average molecular weight is 390 g/mol. The molecule has 25 heavy (non-hydrogen) atoms. The van der Waals surface area contributed by atoms with E-state index in [1.165, 1.54) is 10.4 Å². The van der Waals surface area contributed by atoms with Gasteiger partial charge in [-0.05, 0) is 25.5 Å². The van der Waals surface area contributed by atoms with Crippen LogP contribution in [0.15, 0.2) is 21.7 Å². The van der Waals surface area contributed by atoms with E-state index >= 15 is 0 Å². The number of carbonyl (C=O) groups is 2. The van der Waals surface area contributed by atoms with Crippen LogP contribution in [0.25, 0.3) is 0 Å². The number of nitrogens with zero attached hydrogens (tertiary/aromatic N) is 2. The summed E-state index contributed by atoms with van der Waals surface area (Å²) in [5.74, 6) is -1.57. The van der Waals surface area contributed by atoms with Crippen LogP contribution in [0.3, 0.4) is 0 Å². The Morgan fingerprint density at radius 1 is 1.36 bits per heavy atom. The van der Waals surface area contributed by atoms with Crippen molar-refractivity contribution in [1.82, 2.24) is 19.8 Å².